The maximum Gasteiger partial charge on any atom is 0.265 e. The highest BCUT2D eigenvalue weighted by molar-refractivity contribution is 6.01. The van der Waals surface area contributed by atoms with Crippen molar-refractivity contribution in [2.45, 2.75) is 32.7 Å². The van der Waals surface area contributed by atoms with Crippen LogP contribution in [-0.4, -0.2) is 46.5 Å². The second kappa shape index (κ2) is 8.21. The van der Waals surface area contributed by atoms with Crippen LogP contribution >= 0.6 is 0 Å². The Labute approximate surface area is 170 Å². The summed E-state index contributed by atoms with van der Waals surface area (Å²) >= 11 is 0. The van der Waals surface area contributed by atoms with Gasteiger partial charge in [-0.3, -0.25) is 14.7 Å². The average Bonchev–Trinajstić information content (AvgIpc) is 3.19. The van der Waals surface area contributed by atoms with Crippen LogP contribution in [0, 0.1) is 6.92 Å². The summed E-state index contributed by atoms with van der Waals surface area (Å²) in [6.07, 6.45) is 4.10. The zero-order valence-electron chi connectivity index (χ0n) is 17.0. The molecular formula is C24H27N3O2. The molecule has 0 radical (unpaired) electrons. The molecule has 0 unspecified atom stereocenters. The highest BCUT2D eigenvalue weighted by Crippen LogP contribution is 2.27. The van der Waals surface area contributed by atoms with E-state index in [0.29, 0.717) is 29.2 Å². The van der Waals surface area contributed by atoms with Crippen LogP contribution in [0.5, 0.6) is 5.88 Å². The number of likely N-dealkylation sites (N-methyl/N-ethyl adjacent to an activating group) is 1. The van der Waals surface area contributed by atoms with E-state index in [1.807, 2.05) is 49.4 Å². The molecule has 0 bridgehead atoms. The van der Waals surface area contributed by atoms with Gasteiger partial charge in [-0.25, -0.2) is 4.57 Å². The van der Waals surface area contributed by atoms with Crippen molar-refractivity contribution in [3.05, 3.63) is 70.0 Å². The van der Waals surface area contributed by atoms with Gasteiger partial charge in [-0.1, -0.05) is 43.3 Å². The third kappa shape index (κ3) is 3.58. The van der Waals surface area contributed by atoms with Gasteiger partial charge in [-0.05, 0) is 50.6 Å². The maximum absolute atomic E-state index is 13.2. The van der Waals surface area contributed by atoms with Gasteiger partial charge in [0.05, 0.1) is 17.8 Å². The predicted molar refractivity (Wildman–Crippen MR) is 119 cm³/mol. The summed E-state index contributed by atoms with van der Waals surface area (Å²) in [5.41, 5.74) is 1.97. The quantitative estimate of drug-likeness (QED) is 0.673. The standard InChI is InChI=1S/C24H27N3O2/c1-3-26-14-8-10-18(26)15-25-16-21-19-11-5-6-12-20(19)23(28)27(24(21)29)22-13-7-4-9-17(22)2/h4-7,9,11-13,16,18,29H,3,8,10,14-15H2,1-2H3/t18-/m0/s1. The molecule has 0 saturated carbocycles. The first kappa shape index (κ1) is 19.4. The number of hydrogen-bond acceptors (Lipinski definition) is 4. The summed E-state index contributed by atoms with van der Waals surface area (Å²) in [6, 6.07) is 15.4. The lowest BCUT2D eigenvalue weighted by Gasteiger charge is -2.20. The van der Waals surface area contributed by atoms with Crippen molar-refractivity contribution in [2.24, 2.45) is 4.99 Å². The number of nitrogens with zero attached hydrogens (tertiary/aromatic N) is 3. The molecule has 1 aliphatic rings. The van der Waals surface area contributed by atoms with E-state index in [0.717, 1.165) is 30.5 Å². The predicted octanol–water partition coefficient (Wildman–Crippen LogP) is 3.91. The van der Waals surface area contributed by atoms with Crippen molar-refractivity contribution < 1.29 is 5.11 Å². The number of para-hydroxylation sites is 1. The second-order valence-electron chi connectivity index (χ2n) is 7.63. The highest BCUT2D eigenvalue weighted by atomic mass is 16.3. The lowest BCUT2D eigenvalue weighted by atomic mass is 10.1. The Morgan fingerprint density at radius 1 is 1.14 bits per heavy atom. The van der Waals surface area contributed by atoms with Crippen LogP contribution in [0.15, 0.2) is 58.3 Å². The number of rotatable bonds is 5. The molecule has 2 heterocycles. The number of pyridine rings is 1. The van der Waals surface area contributed by atoms with Gasteiger partial charge in [0.2, 0.25) is 5.88 Å². The number of benzene rings is 2. The molecule has 29 heavy (non-hydrogen) atoms. The lowest BCUT2D eigenvalue weighted by molar-refractivity contribution is 0.273. The molecule has 4 rings (SSSR count). The van der Waals surface area contributed by atoms with E-state index in [1.54, 1.807) is 12.3 Å². The smallest absolute Gasteiger partial charge is 0.265 e. The minimum atomic E-state index is -0.225. The zero-order valence-corrected chi connectivity index (χ0v) is 17.0. The maximum atomic E-state index is 13.2. The summed E-state index contributed by atoms with van der Waals surface area (Å²) in [4.78, 5) is 20.3. The van der Waals surface area contributed by atoms with E-state index in [2.05, 4.69) is 16.8 Å². The summed E-state index contributed by atoms with van der Waals surface area (Å²) < 4.78 is 1.40. The van der Waals surface area contributed by atoms with Crippen LogP contribution in [0.2, 0.25) is 0 Å². The number of hydrogen-bond donors (Lipinski definition) is 1. The van der Waals surface area contributed by atoms with E-state index in [-0.39, 0.29) is 11.4 Å². The molecule has 1 aromatic heterocycles. The van der Waals surface area contributed by atoms with Crippen molar-refractivity contribution in [3.63, 3.8) is 0 Å². The van der Waals surface area contributed by atoms with Gasteiger partial charge in [0.1, 0.15) is 0 Å². The first-order valence-electron chi connectivity index (χ1n) is 10.3. The molecule has 5 nitrogen and oxygen atoms in total. The summed E-state index contributed by atoms with van der Waals surface area (Å²) in [5, 5.41) is 12.4. The minimum Gasteiger partial charge on any atom is -0.494 e. The Kier molecular flexibility index (Phi) is 5.49. The average molecular weight is 389 g/mol. The third-order valence-electron chi connectivity index (χ3n) is 5.90. The normalized spacial score (nSPS) is 17.5. The fourth-order valence-electron chi connectivity index (χ4n) is 4.31. The monoisotopic (exact) mass is 389 g/mol. The number of likely N-dealkylation sites (tertiary alicyclic amines) is 1. The van der Waals surface area contributed by atoms with Gasteiger partial charge >= 0.3 is 0 Å². The molecule has 1 aliphatic heterocycles. The molecule has 150 valence electrons. The van der Waals surface area contributed by atoms with E-state index in [9.17, 15) is 9.90 Å². The molecule has 3 aromatic rings. The summed E-state index contributed by atoms with van der Waals surface area (Å²) in [7, 11) is 0. The molecule has 0 spiro atoms. The van der Waals surface area contributed by atoms with Gasteiger partial charge < -0.3 is 5.11 Å². The molecule has 0 amide bonds. The molecule has 5 heteroatoms. The Bertz CT molecular complexity index is 1120. The van der Waals surface area contributed by atoms with Crippen LogP contribution < -0.4 is 5.56 Å². The number of aryl methyl sites for hydroxylation is 1. The van der Waals surface area contributed by atoms with Crippen LogP contribution in [0.3, 0.4) is 0 Å². The van der Waals surface area contributed by atoms with Gasteiger partial charge in [0.25, 0.3) is 5.56 Å². The van der Waals surface area contributed by atoms with Gasteiger partial charge in [-0.2, -0.15) is 0 Å². The van der Waals surface area contributed by atoms with E-state index >= 15 is 0 Å². The molecule has 1 fully saturated rings. The molecular weight excluding hydrogens is 362 g/mol. The van der Waals surface area contributed by atoms with Crippen LogP contribution in [0.1, 0.15) is 30.9 Å². The fourth-order valence-corrected chi connectivity index (χ4v) is 4.31. The topological polar surface area (TPSA) is 57.8 Å². The van der Waals surface area contributed by atoms with Gasteiger partial charge in [-0.15, -0.1) is 0 Å². The third-order valence-corrected chi connectivity index (χ3v) is 5.90. The summed E-state index contributed by atoms with van der Waals surface area (Å²) in [6.45, 7) is 6.98. The highest BCUT2D eigenvalue weighted by Gasteiger charge is 2.22. The molecule has 2 aromatic carbocycles. The van der Waals surface area contributed by atoms with E-state index in [1.165, 1.54) is 11.0 Å². The van der Waals surface area contributed by atoms with Crippen LogP contribution in [0.25, 0.3) is 16.5 Å². The van der Waals surface area contributed by atoms with Crippen LogP contribution in [-0.2, 0) is 0 Å². The summed E-state index contributed by atoms with van der Waals surface area (Å²) in [5.74, 6) is -0.0643. The zero-order chi connectivity index (χ0) is 20.4. The van der Waals surface area contributed by atoms with Crippen LogP contribution in [0.4, 0.5) is 0 Å². The Morgan fingerprint density at radius 3 is 2.62 bits per heavy atom. The number of aromatic nitrogens is 1. The SMILES string of the molecule is CCN1CCC[C@H]1CN=Cc1c(O)n(-c2ccccc2C)c(=O)c2ccccc12. The second-order valence-corrected chi connectivity index (χ2v) is 7.63. The Hall–Kier alpha value is -2.92. The molecule has 1 atom stereocenters. The van der Waals surface area contributed by atoms with E-state index in [4.69, 9.17) is 0 Å². The van der Waals surface area contributed by atoms with Crippen molar-refractivity contribution in [3.8, 4) is 11.6 Å². The minimum absolute atomic E-state index is 0.0643. The lowest BCUT2D eigenvalue weighted by Crippen LogP contribution is -2.31. The van der Waals surface area contributed by atoms with Crippen molar-refractivity contribution in [1.29, 1.82) is 0 Å². The van der Waals surface area contributed by atoms with Crippen molar-refractivity contribution >= 4 is 17.0 Å². The molecule has 0 aliphatic carbocycles. The fraction of sp³-hybridized carbons (Fsp3) is 0.333. The number of fused-ring (bicyclic) bond motifs is 1. The molecule has 1 saturated heterocycles. The van der Waals surface area contributed by atoms with E-state index < -0.39 is 0 Å². The van der Waals surface area contributed by atoms with Gasteiger partial charge in [0.15, 0.2) is 0 Å². The van der Waals surface area contributed by atoms with Gasteiger partial charge in [0, 0.05) is 23.0 Å². The van der Waals surface area contributed by atoms with Crippen molar-refractivity contribution in [2.75, 3.05) is 19.6 Å². The Morgan fingerprint density at radius 2 is 1.86 bits per heavy atom. The largest absolute Gasteiger partial charge is 0.494 e. The number of aliphatic imine (C=N–C) groups is 1. The first-order chi connectivity index (χ1) is 14.1. The first-order valence-corrected chi connectivity index (χ1v) is 10.3. The van der Waals surface area contributed by atoms with Crippen molar-refractivity contribution in [1.82, 2.24) is 9.47 Å². The molecule has 1 N–H and O–H groups in total. The number of aromatic hydroxyl groups is 1. The Balaban J connectivity index is 1.82.